The lowest BCUT2D eigenvalue weighted by Crippen LogP contribution is -2.22. The number of benzene rings is 2. The Hall–Kier alpha value is -2.16. The molecule has 0 aliphatic carbocycles. The summed E-state index contributed by atoms with van der Waals surface area (Å²) in [5.74, 6) is 2.43. The molecule has 0 unspecified atom stereocenters. The van der Waals surface area contributed by atoms with Crippen molar-refractivity contribution < 1.29 is 14.6 Å². The Morgan fingerprint density at radius 3 is 2.75 bits per heavy atom. The van der Waals surface area contributed by atoms with Crippen LogP contribution < -0.4 is 9.47 Å². The van der Waals surface area contributed by atoms with Gasteiger partial charge in [0.05, 0.1) is 13.7 Å². The van der Waals surface area contributed by atoms with E-state index in [-0.39, 0.29) is 5.75 Å². The van der Waals surface area contributed by atoms with Crippen LogP contribution in [0.3, 0.4) is 0 Å². The zero-order valence-corrected chi connectivity index (χ0v) is 11.5. The van der Waals surface area contributed by atoms with Crippen molar-refractivity contribution in [2.24, 2.45) is 5.92 Å². The molecule has 3 heteroatoms. The highest BCUT2D eigenvalue weighted by molar-refractivity contribution is 5.41. The third-order valence-electron chi connectivity index (χ3n) is 3.72. The minimum Gasteiger partial charge on any atom is -0.508 e. The lowest BCUT2D eigenvalue weighted by molar-refractivity contribution is 0.220. The highest BCUT2D eigenvalue weighted by Gasteiger charge is 2.20. The molecular weight excluding hydrogens is 252 g/mol. The monoisotopic (exact) mass is 270 g/mol. The number of ether oxygens (including phenoxy) is 2. The van der Waals surface area contributed by atoms with E-state index in [1.54, 1.807) is 19.2 Å². The van der Waals surface area contributed by atoms with E-state index in [9.17, 15) is 5.11 Å². The average molecular weight is 270 g/mol. The van der Waals surface area contributed by atoms with E-state index < -0.39 is 0 Å². The minimum absolute atomic E-state index is 0.261. The number of hydrogen-bond donors (Lipinski definition) is 1. The molecule has 0 bridgehead atoms. The predicted octanol–water partition coefficient (Wildman–Crippen LogP) is 3.19. The Morgan fingerprint density at radius 2 is 2.00 bits per heavy atom. The van der Waals surface area contributed by atoms with E-state index in [4.69, 9.17) is 9.47 Å². The van der Waals surface area contributed by atoms with Crippen molar-refractivity contribution in [3.05, 3.63) is 53.6 Å². The fraction of sp³-hybridized carbons (Fsp3) is 0.294. The van der Waals surface area contributed by atoms with E-state index in [0.29, 0.717) is 12.5 Å². The summed E-state index contributed by atoms with van der Waals surface area (Å²) in [5.41, 5.74) is 2.47. The summed E-state index contributed by atoms with van der Waals surface area (Å²) < 4.78 is 10.9. The first-order chi connectivity index (χ1) is 9.74. The van der Waals surface area contributed by atoms with Crippen molar-refractivity contribution in [2.75, 3.05) is 13.7 Å². The van der Waals surface area contributed by atoms with Crippen LogP contribution in [0.1, 0.15) is 11.1 Å². The van der Waals surface area contributed by atoms with Crippen molar-refractivity contribution in [2.45, 2.75) is 12.8 Å². The minimum atomic E-state index is 0.261. The average Bonchev–Trinajstić information content (AvgIpc) is 2.48. The van der Waals surface area contributed by atoms with E-state index >= 15 is 0 Å². The van der Waals surface area contributed by atoms with Gasteiger partial charge in [0, 0.05) is 12.0 Å². The molecule has 0 saturated heterocycles. The zero-order valence-electron chi connectivity index (χ0n) is 11.5. The van der Waals surface area contributed by atoms with Crippen LogP contribution in [0.4, 0.5) is 0 Å². The third kappa shape index (κ3) is 2.72. The molecule has 1 N–H and O–H groups in total. The lowest BCUT2D eigenvalue weighted by atomic mass is 9.91. The van der Waals surface area contributed by atoms with Crippen LogP contribution in [0, 0.1) is 5.92 Å². The predicted molar refractivity (Wildman–Crippen MR) is 77.5 cm³/mol. The van der Waals surface area contributed by atoms with Gasteiger partial charge in [-0.2, -0.15) is 0 Å². The van der Waals surface area contributed by atoms with E-state index in [1.165, 1.54) is 11.1 Å². The highest BCUT2D eigenvalue weighted by Crippen LogP contribution is 2.31. The molecular formula is C17H18O3. The van der Waals surface area contributed by atoms with Gasteiger partial charge in [-0.15, -0.1) is 0 Å². The molecule has 0 fully saturated rings. The van der Waals surface area contributed by atoms with Gasteiger partial charge in [0.25, 0.3) is 0 Å². The molecule has 104 valence electrons. The van der Waals surface area contributed by atoms with Gasteiger partial charge in [-0.25, -0.2) is 0 Å². The van der Waals surface area contributed by atoms with Gasteiger partial charge in [0.15, 0.2) is 0 Å². The molecule has 1 aliphatic heterocycles. The van der Waals surface area contributed by atoms with Gasteiger partial charge in [-0.1, -0.05) is 18.2 Å². The smallest absolute Gasteiger partial charge is 0.126 e. The quantitative estimate of drug-likeness (QED) is 0.931. The van der Waals surface area contributed by atoms with Crippen LogP contribution in [0.2, 0.25) is 0 Å². The molecule has 1 heterocycles. The zero-order chi connectivity index (χ0) is 13.9. The Labute approximate surface area is 118 Å². The Morgan fingerprint density at radius 1 is 1.20 bits per heavy atom. The maximum atomic E-state index is 9.45. The largest absolute Gasteiger partial charge is 0.508 e. The summed E-state index contributed by atoms with van der Waals surface area (Å²) in [6.07, 6.45) is 1.98. The Kier molecular flexibility index (Phi) is 3.50. The fourth-order valence-corrected chi connectivity index (χ4v) is 2.65. The third-order valence-corrected chi connectivity index (χ3v) is 3.72. The molecule has 1 aliphatic rings. The standard InChI is InChI=1S/C17H18O3/c1-19-16-6-2-12(3-7-16)8-13-9-14-4-5-15(18)10-17(14)20-11-13/h2-7,10,13,18H,8-9,11H2,1H3/t13-/m0/s1. The molecule has 20 heavy (non-hydrogen) atoms. The van der Waals surface area contributed by atoms with E-state index in [0.717, 1.165) is 24.3 Å². The number of hydrogen-bond acceptors (Lipinski definition) is 3. The molecule has 0 saturated carbocycles. The van der Waals surface area contributed by atoms with E-state index in [1.807, 2.05) is 18.2 Å². The summed E-state index contributed by atoms with van der Waals surface area (Å²) >= 11 is 0. The molecule has 2 aromatic carbocycles. The van der Waals surface area contributed by atoms with Crippen molar-refractivity contribution >= 4 is 0 Å². The maximum Gasteiger partial charge on any atom is 0.126 e. The van der Waals surface area contributed by atoms with Gasteiger partial charge in [-0.3, -0.25) is 0 Å². The topological polar surface area (TPSA) is 38.7 Å². The van der Waals surface area contributed by atoms with Crippen LogP contribution in [0.15, 0.2) is 42.5 Å². The molecule has 2 aromatic rings. The van der Waals surface area contributed by atoms with Crippen molar-refractivity contribution in [1.29, 1.82) is 0 Å². The second kappa shape index (κ2) is 5.45. The summed E-state index contributed by atoms with van der Waals surface area (Å²) in [6.45, 7) is 0.697. The molecule has 0 aromatic heterocycles. The summed E-state index contributed by atoms with van der Waals surface area (Å²) in [4.78, 5) is 0. The number of rotatable bonds is 3. The number of phenolic OH excluding ortho intramolecular Hbond substituents is 1. The molecule has 0 amide bonds. The van der Waals surface area contributed by atoms with Gasteiger partial charge >= 0.3 is 0 Å². The Balaban J connectivity index is 1.69. The summed E-state index contributed by atoms with van der Waals surface area (Å²) in [7, 11) is 1.68. The van der Waals surface area contributed by atoms with Gasteiger partial charge in [0.1, 0.15) is 17.2 Å². The molecule has 0 spiro atoms. The first-order valence-corrected chi connectivity index (χ1v) is 6.82. The number of fused-ring (bicyclic) bond motifs is 1. The van der Waals surface area contributed by atoms with Gasteiger partial charge < -0.3 is 14.6 Å². The second-order valence-corrected chi connectivity index (χ2v) is 5.23. The van der Waals surface area contributed by atoms with Crippen LogP contribution in [-0.4, -0.2) is 18.8 Å². The van der Waals surface area contributed by atoms with Gasteiger partial charge in [-0.05, 0) is 42.2 Å². The van der Waals surface area contributed by atoms with Crippen LogP contribution >= 0.6 is 0 Å². The van der Waals surface area contributed by atoms with E-state index in [2.05, 4.69) is 12.1 Å². The molecule has 1 atom stereocenters. The first-order valence-electron chi connectivity index (χ1n) is 6.82. The highest BCUT2D eigenvalue weighted by atomic mass is 16.5. The normalized spacial score (nSPS) is 17.1. The molecule has 3 rings (SSSR count). The maximum absolute atomic E-state index is 9.45. The van der Waals surface area contributed by atoms with Crippen molar-refractivity contribution in [3.63, 3.8) is 0 Å². The van der Waals surface area contributed by atoms with Crippen LogP contribution in [-0.2, 0) is 12.8 Å². The number of aromatic hydroxyl groups is 1. The number of methoxy groups -OCH3 is 1. The van der Waals surface area contributed by atoms with Crippen molar-refractivity contribution in [1.82, 2.24) is 0 Å². The van der Waals surface area contributed by atoms with Crippen LogP contribution in [0.5, 0.6) is 17.2 Å². The summed E-state index contributed by atoms with van der Waals surface area (Å²) in [6, 6.07) is 13.5. The molecule has 0 radical (unpaired) electrons. The Bertz CT molecular complexity index is 590. The first kappa shape index (κ1) is 12.9. The van der Waals surface area contributed by atoms with Crippen molar-refractivity contribution in [3.8, 4) is 17.2 Å². The number of phenols is 1. The molecule has 3 nitrogen and oxygen atoms in total. The second-order valence-electron chi connectivity index (χ2n) is 5.23. The SMILES string of the molecule is COc1ccc(C[C@@H]2COc3cc(O)ccc3C2)cc1. The van der Waals surface area contributed by atoms with Gasteiger partial charge in [0.2, 0.25) is 0 Å². The van der Waals surface area contributed by atoms with Crippen LogP contribution in [0.25, 0.3) is 0 Å². The lowest BCUT2D eigenvalue weighted by Gasteiger charge is -2.25. The summed E-state index contributed by atoms with van der Waals surface area (Å²) in [5, 5.41) is 9.45. The fourth-order valence-electron chi connectivity index (χ4n) is 2.65.